The molecule has 1 aromatic carbocycles. The number of hydrogen-bond acceptors (Lipinski definition) is 5. The Bertz CT molecular complexity index is 815. The zero-order valence-corrected chi connectivity index (χ0v) is 13.2. The van der Waals surface area contributed by atoms with Gasteiger partial charge in [0.1, 0.15) is 0 Å². The zero-order valence-electron chi connectivity index (χ0n) is 13.2. The van der Waals surface area contributed by atoms with Gasteiger partial charge >= 0.3 is 0 Å². The van der Waals surface area contributed by atoms with E-state index < -0.39 is 0 Å². The molecule has 0 atom stereocenters. The lowest BCUT2D eigenvalue weighted by Gasteiger charge is -2.08. The summed E-state index contributed by atoms with van der Waals surface area (Å²) in [6.07, 6.45) is 1.65. The van der Waals surface area contributed by atoms with Gasteiger partial charge in [0.2, 0.25) is 5.88 Å². The van der Waals surface area contributed by atoms with Crippen molar-refractivity contribution in [3.63, 3.8) is 0 Å². The number of aromatic nitrogens is 2. The molecule has 1 amide bonds. The second-order valence-electron chi connectivity index (χ2n) is 5.03. The third-order valence-electron chi connectivity index (χ3n) is 3.37. The highest BCUT2D eigenvalue weighted by Gasteiger charge is 2.14. The van der Waals surface area contributed by atoms with Crippen molar-refractivity contribution in [2.24, 2.45) is 0 Å². The fourth-order valence-corrected chi connectivity index (χ4v) is 2.21. The first-order chi connectivity index (χ1) is 11.8. The van der Waals surface area contributed by atoms with Gasteiger partial charge in [-0.3, -0.25) is 4.79 Å². The van der Waals surface area contributed by atoms with Gasteiger partial charge < -0.3 is 14.6 Å². The minimum atomic E-state index is -0.313. The molecule has 0 radical (unpaired) electrons. The molecule has 6 nitrogen and oxygen atoms in total. The highest BCUT2D eigenvalue weighted by Crippen LogP contribution is 2.20. The first-order valence-corrected chi connectivity index (χ1v) is 7.65. The van der Waals surface area contributed by atoms with Gasteiger partial charge in [0, 0.05) is 29.9 Å². The van der Waals surface area contributed by atoms with Gasteiger partial charge in [-0.2, -0.15) is 0 Å². The van der Waals surface area contributed by atoms with Crippen LogP contribution in [0.5, 0.6) is 5.88 Å². The molecule has 0 saturated heterocycles. The number of hydrogen-bond donors (Lipinski definition) is 1. The number of nitrogens with zero attached hydrogens (tertiary/aromatic N) is 2. The van der Waals surface area contributed by atoms with Crippen molar-refractivity contribution in [2.45, 2.75) is 13.5 Å². The van der Waals surface area contributed by atoms with E-state index in [1.54, 1.807) is 18.3 Å². The molecular weight excluding hydrogens is 306 g/mol. The van der Waals surface area contributed by atoms with E-state index in [4.69, 9.17) is 9.26 Å². The normalized spacial score (nSPS) is 10.4. The maximum absolute atomic E-state index is 12.2. The molecule has 3 rings (SSSR count). The van der Waals surface area contributed by atoms with Crippen LogP contribution in [0.15, 0.2) is 59.3 Å². The largest absolute Gasteiger partial charge is 0.478 e. The van der Waals surface area contributed by atoms with Crippen LogP contribution in [0, 0.1) is 0 Å². The molecule has 0 aliphatic carbocycles. The lowest BCUT2D eigenvalue weighted by molar-refractivity contribution is 0.0941. The van der Waals surface area contributed by atoms with Gasteiger partial charge in [0.25, 0.3) is 5.91 Å². The highest BCUT2D eigenvalue weighted by atomic mass is 16.5. The molecule has 2 heterocycles. The van der Waals surface area contributed by atoms with E-state index in [0.29, 0.717) is 24.8 Å². The summed E-state index contributed by atoms with van der Waals surface area (Å²) >= 11 is 0. The molecule has 3 aromatic rings. The second-order valence-corrected chi connectivity index (χ2v) is 5.03. The molecule has 0 saturated carbocycles. The predicted octanol–water partition coefficient (Wildman–Crippen LogP) is 3.07. The SMILES string of the molecule is CCOc1ncccc1CNC(=O)c1cc(-c2ccccc2)on1. The van der Waals surface area contributed by atoms with Crippen LogP contribution in [0.2, 0.25) is 0 Å². The van der Waals surface area contributed by atoms with Gasteiger partial charge in [-0.05, 0) is 13.0 Å². The zero-order chi connectivity index (χ0) is 16.8. The highest BCUT2D eigenvalue weighted by molar-refractivity contribution is 5.93. The molecule has 0 bridgehead atoms. The average Bonchev–Trinajstić information content (AvgIpc) is 3.12. The van der Waals surface area contributed by atoms with Crippen LogP contribution in [-0.4, -0.2) is 22.7 Å². The van der Waals surface area contributed by atoms with Crippen LogP contribution in [0.25, 0.3) is 11.3 Å². The van der Waals surface area contributed by atoms with Gasteiger partial charge in [0.05, 0.1) is 6.61 Å². The number of nitrogens with one attached hydrogen (secondary N) is 1. The lowest BCUT2D eigenvalue weighted by Crippen LogP contribution is -2.23. The summed E-state index contributed by atoms with van der Waals surface area (Å²) in [7, 11) is 0. The maximum atomic E-state index is 12.2. The third kappa shape index (κ3) is 3.60. The summed E-state index contributed by atoms with van der Waals surface area (Å²) in [6.45, 7) is 2.70. The van der Waals surface area contributed by atoms with Crippen LogP contribution in [0.4, 0.5) is 0 Å². The van der Waals surface area contributed by atoms with E-state index in [0.717, 1.165) is 11.1 Å². The Labute approximate surface area is 139 Å². The number of rotatable bonds is 6. The van der Waals surface area contributed by atoms with E-state index in [-0.39, 0.29) is 11.6 Å². The standard InChI is InChI=1S/C18H17N3O3/c1-2-23-18-14(9-6-10-19-18)12-20-17(22)15-11-16(24-21-15)13-7-4-3-5-8-13/h3-11H,2,12H2,1H3,(H,20,22). The predicted molar refractivity (Wildman–Crippen MR) is 88.5 cm³/mol. The van der Waals surface area contributed by atoms with Crippen LogP contribution < -0.4 is 10.1 Å². The van der Waals surface area contributed by atoms with Crippen molar-refractivity contribution in [1.29, 1.82) is 0 Å². The lowest BCUT2D eigenvalue weighted by atomic mass is 10.1. The molecule has 0 aliphatic rings. The molecule has 6 heteroatoms. The Kier molecular flexibility index (Phi) is 4.86. The Balaban J connectivity index is 1.67. The molecular formula is C18H17N3O3. The third-order valence-corrected chi connectivity index (χ3v) is 3.37. The summed E-state index contributed by atoms with van der Waals surface area (Å²) in [5.74, 6) is 0.759. The fourth-order valence-electron chi connectivity index (χ4n) is 2.21. The van der Waals surface area contributed by atoms with E-state index >= 15 is 0 Å². The number of amides is 1. The Hall–Kier alpha value is -3.15. The van der Waals surface area contributed by atoms with Gasteiger partial charge in [-0.15, -0.1) is 0 Å². The number of carbonyl (C=O) groups is 1. The minimum Gasteiger partial charge on any atom is -0.478 e. The van der Waals surface area contributed by atoms with Crippen molar-refractivity contribution in [3.05, 3.63) is 66.0 Å². The van der Waals surface area contributed by atoms with Gasteiger partial charge in [0.15, 0.2) is 11.5 Å². The molecule has 0 fully saturated rings. The Morgan fingerprint density at radius 2 is 2.04 bits per heavy atom. The van der Waals surface area contributed by atoms with Gasteiger partial charge in [-0.25, -0.2) is 4.98 Å². The van der Waals surface area contributed by atoms with Crippen molar-refractivity contribution in [3.8, 4) is 17.2 Å². The maximum Gasteiger partial charge on any atom is 0.273 e. The van der Waals surface area contributed by atoms with E-state index in [1.807, 2.05) is 43.3 Å². The number of benzene rings is 1. The van der Waals surface area contributed by atoms with Crippen molar-refractivity contribution in [2.75, 3.05) is 6.61 Å². The van der Waals surface area contributed by atoms with Crippen LogP contribution in [0.3, 0.4) is 0 Å². The smallest absolute Gasteiger partial charge is 0.273 e. The van der Waals surface area contributed by atoms with Crippen LogP contribution in [0.1, 0.15) is 23.0 Å². The molecule has 1 N–H and O–H groups in total. The second kappa shape index (κ2) is 7.41. The quantitative estimate of drug-likeness (QED) is 0.754. The molecule has 0 spiro atoms. The van der Waals surface area contributed by atoms with Crippen LogP contribution in [-0.2, 0) is 6.54 Å². The van der Waals surface area contributed by atoms with E-state index in [1.165, 1.54) is 0 Å². The minimum absolute atomic E-state index is 0.232. The van der Waals surface area contributed by atoms with E-state index in [9.17, 15) is 4.79 Å². The summed E-state index contributed by atoms with van der Waals surface area (Å²) in [5.41, 5.74) is 1.91. The van der Waals surface area contributed by atoms with Crippen molar-refractivity contribution < 1.29 is 14.1 Å². The summed E-state index contributed by atoms with van der Waals surface area (Å²) in [5, 5.41) is 6.63. The Morgan fingerprint density at radius 1 is 1.21 bits per heavy atom. The first kappa shape index (κ1) is 15.7. The Morgan fingerprint density at radius 3 is 2.83 bits per heavy atom. The topological polar surface area (TPSA) is 77.2 Å². The molecule has 122 valence electrons. The van der Waals surface area contributed by atoms with Crippen molar-refractivity contribution in [1.82, 2.24) is 15.5 Å². The molecule has 0 aliphatic heterocycles. The summed E-state index contributed by atoms with van der Waals surface area (Å²) in [4.78, 5) is 16.4. The summed E-state index contributed by atoms with van der Waals surface area (Å²) in [6, 6.07) is 14.8. The monoisotopic (exact) mass is 323 g/mol. The van der Waals surface area contributed by atoms with E-state index in [2.05, 4.69) is 15.5 Å². The van der Waals surface area contributed by atoms with Gasteiger partial charge in [-0.1, -0.05) is 41.6 Å². The number of pyridine rings is 1. The van der Waals surface area contributed by atoms with Crippen molar-refractivity contribution >= 4 is 5.91 Å². The number of ether oxygens (including phenoxy) is 1. The first-order valence-electron chi connectivity index (χ1n) is 7.65. The summed E-state index contributed by atoms with van der Waals surface area (Å²) < 4.78 is 10.7. The average molecular weight is 323 g/mol. The molecule has 24 heavy (non-hydrogen) atoms. The fraction of sp³-hybridized carbons (Fsp3) is 0.167. The van der Waals surface area contributed by atoms with Crippen LogP contribution >= 0.6 is 0 Å². The molecule has 0 unspecified atom stereocenters. The number of carbonyl (C=O) groups excluding carboxylic acids is 1. The molecule has 2 aromatic heterocycles.